The molecular formula is C17H39NO8S. The SMILES string of the molecule is CCCCCCCCOCC(O)C[N+](C)(CCO)CCO.COS(=O)(=O)[O-]. The Kier molecular flexibility index (Phi) is 19.0. The number of hydrogen-bond donors (Lipinski definition) is 3. The number of likely N-dealkylation sites (N-methyl/N-ethyl adjacent to an activating group) is 1. The van der Waals surface area contributed by atoms with Gasteiger partial charge in [0.15, 0.2) is 0 Å². The molecule has 9 nitrogen and oxygen atoms in total. The lowest BCUT2D eigenvalue weighted by atomic mass is 10.1. The van der Waals surface area contributed by atoms with Crippen molar-refractivity contribution < 1.29 is 41.7 Å². The first-order valence-electron chi connectivity index (χ1n) is 9.46. The summed E-state index contributed by atoms with van der Waals surface area (Å²) in [5.74, 6) is 0. The third kappa shape index (κ3) is 21.8. The molecule has 3 N–H and O–H groups in total. The van der Waals surface area contributed by atoms with Gasteiger partial charge in [0.1, 0.15) is 25.7 Å². The van der Waals surface area contributed by atoms with Crippen LogP contribution in [0.15, 0.2) is 0 Å². The molecule has 0 heterocycles. The highest BCUT2D eigenvalue weighted by atomic mass is 32.3. The third-order valence-corrected chi connectivity index (χ3v) is 4.50. The van der Waals surface area contributed by atoms with E-state index in [0.717, 1.165) is 13.5 Å². The van der Waals surface area contributed by atoms with Gasteiger partial charge in [0.05, 0.1) is 34.0 Å². The van der Waals surface area contributed by atoms with E-state index in [1.54, 1.807) is 0 Å². The molecule has 10 heteroatoms. The van der Waals surface area contributed by atoms with Crippen molar-refractivity contribution >= 4 is 10.4 Å². The quantitative estimate of drug-likeness (QED) is 0.141. The first-order valence-corrected chi connectivity index (χ1v) is 10.8. The van der Waals surface area contributed by atoms with E-state index in [0.29, 0.717) is 37.3 Å². The highest BCUT2D eigenvalue weighted by Crippen LogP contribution is 2.06. The molecule has 0 saturated heterocycles. The lowest BCUT2D eigenvalue weighted by molar-refractivity contribution is -0.913. The minimum atomic E-state index is -4.41. The Labute approximate surface area is 164 Å². The largest absolute Gasteiger partial charge is 0.726 e. The molecule has 0 aliphatic heterocycles. The molecule has 0 aliphatic carbocycles. The Balaban J connectivity index is 0. The molecule has 0 amide bonds. The van der Waals surface area contributed by atoms with Crippen LogP contribution in [0.2, 0.25) is 0 Å². The van der Waals surface area contributed by atoms with Crippen molar-refractivity contribution in [3.63, 3.8) is 0 Å². The van der Waals surface area contributed by atoms with Crippen LogP contribution in [-0.2, 0) is 19.3 Å². The van der Waals surface area contributed by atoms with Crippen LogP contribution in [0, 0.1) is 0 Å². The molecule has 0 bridgehead atoms. The molecule has 0 aromatic carbocycles. The summed E-state index contributed by atoms with van der Waals surface area (Å²) in [5.41, 5.74) is 0. The van der Waals surface area contributed by atoms with Gasteiger partial charge in [-0.15, -0.1) is 0 Å². The fourth-order valence-corrected chi connectivity index (χ4v) is 2.54. The zero-order valence-corrected chi connectivity index (χ0v) is 17.8. The molecule has 0 aromatic heterocycles. The Hall–Kier alpha value is -0.330. The van der Waals surface area contributed by atoms with E-state index in [1.165, 1.54) is 32.1 Å². The van der Waals surface area contributed by atoms with Crippen LogP contribution in [0.1, 0.15) is 45.4 Å². The zero-order chi connectivity index (χ0) is 21.2. The molecule has 0 aromatic rings. The Morgan fingerprint density at radius 2 is 1.52 bits per heavy atom. The predicted molar refractivity (Wildman–Crippen MR) is 102 cm³/mol. The first kappa shape index (κ1) is 28.9. The zero-order valence-electron chi connectivity index (χ0n) is 17.0. The summed E-state index contributed by atoms with van der Waals surface area (Å²) < 4.78 is 37.0. The van der Waals surface area contributed by atoms with E-state index < -0.39 is 16.5 Å². The molecule has 166 valence electrons. The minimum Gasteiger partial charge on any atom is -0.726 e. The monoisotopic (exact) mass is 417 g/mol. The lowest BCUT2D eigenvalue weighted by Crippen LogP contribution is -2.52. The van der Waals surface area contributed by atoms with Crippen molar-refractivity contribution in [3.8, 4) is 0 Å². The molecule has 0 radical (unpaired) electrons. The third-order valence-electron chi connectivity index (χ3n) is 4.09. The molecule has 0 spiro atoms. The van der Waals surface area contributed by atoms with Crippen LogP contribution in [-0.4, -0.2) is 99.1 Å². The van der Waals surface area contributed by atoms with E-state index >= 15 is 0 Å². The van der Waals surface area contributed by atoms with Crippen LogP contribution in [0.5, 0.6) is 0 Å². The van der Waals surface area contributed by atoms with Crippen LogP contribution < -0.4 is 0 Å². The molecule has 0 fully saturated rings. The van der Waals surface area contributed by atoms with Crippen molar-refractivity contribution in [2.24, 2.45) is 0 Å². The lowest BCUT2D eigenvalue weighted by Gasteiger charge is -2.35. The van der Waals surface area contributed by atoms with E-state index in [-0.39, 0.29) is 13.2 Å². The predicted octanol–water partition coefficient (Wildman–Crippen LogP) is 0.249. The van der Waals surface area contributed by atoms with Crippen LogP contribution in [0.4, 0.5) is 0 Å². The van der Waals surface area contributed by atoms with Gasteiger partial charge in [0, 0.05) is 6.61 Å². The average Bonchev–Trinajstić information content (AvgIpc) is 2.57. The van der Waals surface area contributed by atoms with Crippen LogP contribution >= 0.6 is 0 Å². The summed E-state index contributed by atoms with van der Waals surface area (Å²) in [4.78, 5) is 0. The molecule has 0 saturated carbocycles. The van der Waals surface area contributed by atoms with Gasteiger partial charge in [-0.2, -0.15) is 0 Å². The maximum absolute atomic E-state index is 10.0. The maximum Gasteiger partial charge on any atom is 0.217 e. The van der Waals surface area contributed by atoms with E-state index in [4.69, 9.17) is 14.9 Å². The Morgan fingerprint density at radius 1 is 1.04 bits per heavy atom. The number of unbranched alkanes of at least 4 members (excludes halogenated alkanes) is 5. The van der Waals surface area contributed by atoms with E-state index in [9.17, 15) is 18.1 Å². The summed E-state index contributed by atoms with van der Waals surface area (Å²) in [6.07, 6.45) is 6.84. The summed E-state index contributed by atoms with van der Waals surface area (Å²) in [5, 5.41) is 28.1. The van der Waals surface area contributed by atoms with Crippen LogP contribution in [0.3, 0.4) is 0 Å². The molecular weight excluding hydrogens is 378 g/mol. The fraction of sp³-hybridized carbons (Fsp3) is 1.00. The second kappa shape index (κ2) is 17.7. The molecule has 0 aliphatic rings. The topological polar surface area (TPSA) is 136 Å². The van der Waals surface area contributed by atoms with Gasteiger partial charge in [-0.1, -0.05) is 39.0 Å². The van der Waals surface area contributed by atoms with Crippen molar-refractivity contribution in [2.75, 3.05) is 60.2 Å². The summed E-state index contributed by atoms with van der Waals surface area (Å²) >= 11 is 0. The van der Waals surface area contributed by atoms with E-state index in [2.05, 4.69) is 11.1 Å². The highest BCUT2D eigenvalue weighted by Gasteiger charge is 2.24. The van der Waals surface area contributed by atoms with Gasteiger partial charge in [-0.05, 0) is 6.42 Å². The second-order valence-electron chi connectivity index (χ2n) is 6.77. The van der Waals surface area contributed by atoms with Crippen molar-refractivity contribution in [1.29, 1.82) is 0 Å². The molecule has 27 heavy (non-hydrogen) atoms. The second-order valence-corrected chi connectivity index (χ2v) is 7.92. The Bertz CT molecular complexity index is 413. The maximum atomic E-state index is 10.0. The van der Waals surface area contributed by atoms with Gasteiger partial charge in [0.25, 0.3) is 0 Å². The van der Waals surface area contributed by atoms with Crippen molar-refractivity contribution in [3.05, 3.63) is 0 Å². The minimum absolute atomic E-state index is 0.0574. The molecule has 1 atom stereocenters. The smallest absolute Gasteiger partial charge is 0.217 e. The van der Waals surface area contributed by atoms with Gasteiger partial charge in [-0.3, -0.25) is 4.18 Å². The van der Waals surface area contributed by atoms with Gasteiger partial charge in [0.2, 0.25) is 10.4 Å². The number of nitrogens with zero attached hydrogens (tertiary/aromatic N) is 1. The number of rotatable bonds is 16. The average molecular weight is 418 g/mol. The van der Waals surface area contributed by atoms with Crippen molar-refractivity contribution in [1.82, 2.24) is 0 Å². The normalized spacial score (nSPS) is 13.1. The number of aliphatic hydroxyl groups is 3. The van der Waals surface area contributed by atoms with Crippen LogP contribution in [0.25, 0.3) is 0 Å². The van der Waals surface area contributed by atoms with Gasteiger partial charge >= 0.3 is 0 Å². The first-order chi connectivity index (χ1) is 12.6. The van der Waals surface area contributed by atoms with Crippen molar-refractivity contribution in [2.45, 2.75) is 51.6 Å². The number of ether oxygens (including phenoxy) is 1. The molecule has 0 rings (SSSR count). The number of quaternary nitrogens is 1. The summed E-state index contributed by atoms with van der Waals surface area (Å²) in [7, 11) is -1.67. The highest BCUT2D eigenvalue weighted by molar-refractivity contribution is 7.80. The fourth-order valence-electron chi connectivity index (χ4n) is 2.54. The number of hydrogen-bond acceptors (Lipinski definition) is 8. The standard InChI is InChI=1S/C16H36NO4.CH4O4S/c1-3-4-5-6-7-8-13-21-15-16(20)14-17(2,9-11-18)10-12-19;1-5-6(2,3)4/h16,18-20H,3-15H2,1-2H3;1H3,(H,2,3,4)/q+1;/p-1. The van der Waals surface area contributed by atoms with E-state index in [1.807, 2.05) is 7.05 Å². The Morgan fingerprint density at radius 3 is 1.96 bits per heavy atom. The van der Waals surface area contributed by atoms with Gasteiger partial charge < -0.3 is 29.1 Å². The summed E-state index contributed by atoms with van der Waals surface area (Å²) in [6, 6.07) is 0. The number of aliphatic hydroxyl groups excluding tert-OH is 3. The summed E-state index contributed by atoms with van der Waals surface area (Å²) in [6.45, 7) is 4.93. The molecule has 1 unspecified atom stereocenters. The van der Waals surface area contributed by atoms with Gasteiger partial charge in [-0.25, -0.2) is 8.42 Å².